The van der Waals surface area contributed by atoms with E-state index < -0.39 is 5.82 Å². The Labute approximate surface area is 174 Å². The third kappa shape index (κ3) is 4.76. The highest BCUT2D eigenvalue weighted by molar-refractivity contribution is 6.04. The van der Waals surface area contributed by atoms with E-state index in [-0.39, 0.29) is 37.4 Å². The molecule has 0 aromatic heterocycles. The summed E-state index contributed by atoms with van der Waals surface area (Å²) in [7, 11) is 0. The standard InChI is InChI=1S/C22H23FN2O5/c1-3-24(4-2)21(27)12-25-18-11-15(5-10-20(18)30-14-22(25)28)19(26)13-29-17-8-6-16(23)7-9-17/h5-11H,3-4,12-14H2,1-2H3. The Balaban J connectivity index is 1.77. The molecule has 0 spiro atoms. The summed E-state index contributed by atoms with van der Waals surface area (Å²) in [6.45, 7) is 4.28. The van der Waals surface area contributed by atoms with Gasteiger partial charge in [-0.25, -0.2) is 4.39 Å². The predicted octanol–water partition coefficient (Wildman–Crippen LogP) is 2.68. The quantitative estimate of drug-likeness (QED) is 0.621. The van der Waals surface area contributed by atoms with Gasteiger partial charge in [-0.1, -0.05) is 0 Å². The lowest BCUT2D eigenvalue weighted by molar-refractivity contribution is -0.131. The molecule has 1 aliphatic rings. The minimum Gasteiger partial charge on any atom is -0.485 e. The van der Waals surface area contributed by atoms with Crippen molar-refractivity contribution in [3.8, 4) is 11.5 Å². The largest absolute Gasteiger partial charge is 0.485 e. The number of carbonyl (C=O) groups is 3. The van der Waals surface area contributed by atoms with Crippen molar-refractivity contribution in [2.45, 2.75) is 13.8 Å². The molecule has 2 aromatic carbocycles. The lowest BCUT2D eigenvalue weighted by Crippen LogP contribution is -2.46. The van der Waals surface area contributed by atoms with Gasteiger partial charge in [0.2, 0.25) is 5.91 Å². The van der Waals surface area contributed by atoms with E-state index in [1.54, 1.807) is 17.0 Å². The smallest absolute Gasteiger partial charge is 0.265 e. The molecule has 3 rings (SSSR count). The van der Waals surface area contributed by atoms with Crippen LogP contribution in [0.4, 0.5) is 10.1 Å². The minimum absolute atomic E-state index is 0.124. The van der Waals surface area contributed by atoms with Crippen LogP contribution in [-0.4, -0.2) is 55.3 Å². The van der Waals surface area contributed by atoms with E-state index in [9.17, 15) is 18.8 Å². The number of likely N-dealkylation sites (N-methyl/N-ethyl adjacent to an activating group) is 1. The molecule has 8 heteroatoms. The van der Waals surface area contributed by atoms with Crippen LogP contribution in [0.5, 0.6) is 11.5 Å². The first-order chi connectivity index (χ1) is 14.4. The molecule has 0 radical (unpaired) electrons. The van der Waals surface area contributed by atoms with Crippen molar-refractivity contribution in [3.05, 3.63) is 53.8 Å². The van der Waals surface area contributed by atoms with Gasteiger partial charge in [0.15, 0.2) is 19.0 Å². The molecule has 1 aliphatic heterocycles. The van der Waals surface area contributed by atoms with Gasteiger partial charge < -0.3 is 14.4 Å². The predicted molar refractivity (Wildman–Crippen MR) is 108 cm³/mol. The molecule has 2 amide bonds. The van der Waals surface area contributed by atoms with Crippen LogP contribution >= 0.6 is 0 Å². The topological polar surface area (TPSA) is 76.2 Å². The SMILES string of the molecule is CCN(CC)C(=O)CN1C(=O)COc2ccc(C(=O)COc3ccc(F)cc3)cc21. The van der Waals surface area contributed by atoms with Crippen molar-refractivity contribution in [2.24, 2.45) is 0 Å². The second-order valence-electron chi connectivity index (χ2n) is 6.68. The van der Waals surface area contributed by atoms with Crippen LogP contribution < -0.4 is 14.4 Å². The molecule has 2 aromatic rings. The average molecular weight is 414 g/mol. The number of halogens is 1. The van der Waals surface area contributed by atoms with E-state index >= 15 is 0 Å². The zero-order chi connectivity index (χ0) is 21.7. The lowest BCUT2D eigenvalue weighted by atomic mass is 10.1. The first-order valence-electron chi connectivity index (χ1n) is 9.69. The van der Waals surface area contributed by atoms with Gasteiger partial charge in [0.1, 0.15) is 23.9 Å². The zero-order valence-corrected chi connectivity index (χ0v) is 16.9. The molecule has 158 valence electrons. The fourth-order valence-corrected chi connectivity index (χ4v) is 3.12. The molecule has 0 aliphatic carbocycles. The first-order valence-corrected chi connectivity index (χ1v) is 9.69. The van der Waals surface area contributed by atoms with Gasteiger partial charge >= 0.3 is 0 Å². The molecular formula is C22H23FN2O5. The number of hydrogen-bond acceptors (Lipinski definition) is 5. The molecule has 0 saturated heterocycles. The van der Waals surface area contributed by atoms with Crippen LogP contribution in [0.25, 0.3) is 0 Å². The molecule has 0 atom stereocenters. The maximum atomic E-state index is 13.0. The number of amides is 2. The number of fused-ring (bicyclic) bond motifs is 1. The Morgan fingerprint density at radius 1 is 1.13 bits per heavy atom. The van der Waals surface area contributed by atoms with Crippen molar-refractivity contribution in [3.63, 3.8) is 0 Å². The normalized spacial score (nSPS) is 12.8. The highest BCUT2D eigenvalue weighted by Crippen LogP contribution is 2.33. The Morgan fingerprint density at radius 2 is 1.83 bits per heavy atom. The maximum absolute atomic E-state index is 13.0. The second-order valence-corrected chi connectivity index (χ2v) is 6.68. The summed E-state index contributed by atoms with van der Waals surface area (Å²) < 4.78 is 23.8. The number of nitrogens with zero attached hydrogens (tertiary/aromatic N) is 2. The van der Waals surface area contributed by atoms with Crippen molar-refractivity contribution in [2.75, 3.05) is 37.7 Å². The minimum atomic E-state index is -0.396. The van der Waals surface area contributed by atoms with Crippen molar-refractivity contribution in [1.29, 1.82) is 0 Å². The summed E-state index contributed by atoms with van der Waals surface area (Å²) in [6.07, 6.45) is 0. The van der Waals surface area contributed by atoms with Crippen molar-refractivity contribution in [1.82, 2.24) is 4.90 Å². The number of ether oxygens (including phenoxy) is 2. The summed E-state index contributed by atoms with van der Waals surface area (Å²) in [5, 5.41) is 0. The van der Waals surface area contributed by atoms with Gasteiger partial charge in [0.25, 0.3) is 5.91 Å². The molecule has 7 nitrogen and oxygen atoms in total. The number of anilines is 1. The van der Waals surface area contributed by atoms with E-state index in [0.717, 1.165) is 0 Å². The average Bonchev–Trinajstić information content (AvgIpc) is 2.75. The number of Topliss-reactive ketones (excluding diaryl/α,β-unsaturated/α-hetero) is 1. The summed E-state index contributed by atoms with van der Waals surface area (Å²) in [5.41, 5.74) is 0.689. The Hall–Kier alpha value is -3.42. The van der Waals surface area contributed by atoms with Gasteiger partial charge in [-0.05, 0) is 56.3 Å². The third-order valence-electron chi connectivity index (χ3n) is 4.82. The van der Waals surface area contributed by atoms with Gasteiger partial charge in [-0.3, -0.25) is 19.3 Å². The van der Waals surface area contributed by atoms with Crippen LogP contribution in [0.3, 0.4) is 0 Å². The van der Waals surface area contributed by atoms with Gasteiger partial charge in [-0.2, -0.15) is 0 Å². The first kappa shape index (κ1) is 21.3. The number of benzene rings is 2. The van der Waals surface area contributed by atoms with Crippen LogP contribution in [-0.2, 0) is 9.59 Å². The molecule has 0 unspecified atom stereocenters. The van der Waals surface area contributed by atoms with E-state index in [0.29, 0.717) is 35.8 Å². The van der Waals surface area contributed by atoms with E-state index in [1.807, 2.05) is 13.8 Å². The third-order valence-corrected chi connectivity index (χ3v) is 4.82. The number of hydrogen-bond donors (Lipinski definition) is 0. The Morgan fingerprint density at radius 3 is 2.50 bits per heavy atom. The fourth-order valence-electron chi connectivity index (χ4n) is 3.12. The number of rotatable bonds is 8. The zero-order valence-electron chi connectivity index (χ0n) is 16.9. The molecule has 30 heavy (non-hydrogen) atoms. The summed E-state index contributed by atoms with van der Waals surface area (Å²) >= 11 is 0. The van der Waals surface area contributed by atoms with Crippen LogP contribution in [0.1, 0.15) is 24.2 Å². The molecule has 0 saturated carbocycles. The molecule has 0 fully saturated rings. The summed E-state index contributed by atoms with van der Waals surface area (Å²) in [5.74, 6) is -0.457. The van der Waals surface area contributed by atoms with Gasteiger partial charge in [0, 0.05) is 18.7 Å². The molecule has 1 heterocycles. The fraction of sp³-hybridized carbons (Fsp3) is 0.318. The molecule has 0 bridgehead atoms. The molecular weight excluding hydrogens is 391 g/mol. The maximum Gasteiger partial charge on any atom is 0.265 e. The van der Waals surface area contributed by atoms with Crippen molar-refractivity contribution >= 4 is 23.3 Å². The van der Waals surface area contributed by atoms with Crippen LogP contribution in [0.15, 0.2) is 42.5 Å². The lowest BCUT2D eigenvalue weighted by Gasteiger charge is -2.31. The summed E-state index contributed by atoms with van der Waals surface area (Å²) in [6, 6.07) is 10.1. The van der Waals surface area contributed by atoms with Gasteiger partial charge in [-0.15, -0.1) is 0 Å². The van der Waals surface area contributed by atoms with E-state index in [4.69, 9.17) is 9.47 Å². The van der Waals surface area contributed by atoms with Gasteiger partial charge in [0.05, 0.1) is 5.69 Å². The second kappa shape index (κ2) is 9.39. The van der Waals surface area contributed by atoms with Crippen LogP contribution in [0, 0.1) is 5.82 Å². The monoisotopic (exact) mass is 414 g/mol. The highest BCUT2D eigenvalue weighted by atomic mass is 19.1. The Bertz CT molecular complexity index is 941. The molecule has 0 N–H and O–H groups in total. The highest BCUT2D eigenvalue weighted by Gasteiger charge is 2.29. The van der Waals surface area contributed by atoms with E-state index in [1.165, 1.54) is 35.2 Å². The van der Waals surface area contributed by atoms with Crippen LogP contribution in [0.2, 0.25) is 0 Å². The number of carbonyl (C=O) groups excluding carboxylic acids is 3. The number of ketones is 1. The van der Waals surface area contributed by atoms with E-state index in [2.05, 4.69) is 0 Å². The Kier molecular flexibility index (Phi) is 6.66. The summed E-state index contributed by atoms with van der Waals surface area (Å²) in [4.78, 5) is 40.5. The van der Waals surface area contributed by atoms with Crippen molar-refractivity contribution < 1.29 is 28.2 Å².